The molecule has 1 fully saturated rings. The summed E-state index contributed by atoms with van der Waals surface area (Å²) < 4.78 is 0. The molecule has 2 nitrogen and oxygen atoms in total. The van der Waals surface area contributed by atoms with E-state index < -0.39 is 0 Å². The van der Waals surface area contributed by atoms with E-state index in [2.05, 4.69) is 36.1 Å². The summed E-state index contributed by atoms with van der Waals surface area (Å²) in [6.45, 7) is 5.33. The number of hydrogen-bond acceptors (Lipinski definition) is 2. The second-order valence-corrected chi connectivity index (χ2v) is 4.78. The van der Waals surface area contributed by atoms with Crippen molar-refractivity contribution in [1.82, 2.24) is 0 Å². The van der Waals surface area contributed by atoms with Crippen LogP contribution in [0.5, 0.6) is 0 Å². The molecule has 2 N–H and O–H groups in total. The Bertz CT molecular complexity index is 329. The summed E-state index contributed by atoms with van der Waals surface area (Å²) in [6.07, 6.45) is 4.04. The van der Waals surface area contributed by atoms with Gasteiger partial charge in [0.2, 0.25) is 0 Å². The summed E-state index contributed by atoms with van der Waals surface area (Å²) in [5.74, 6) is 0.463. The average Bonchev–Trinajstić information content (AvgIpc) is 2.39. The van der Waals surface area contributed by atoms with Gasteiger partial charge in [-0.15, -0.1) is 0 Å². The highest BCUT2D eigenvalue weighted by Gasteiger charge is 2.12. The SMILES string of the molecule is CC(CN)c1cccc(N2CCCCC2)c1. The van der Waals surface area contributed by atoms with Crippen LogP contribution in [0.15, 0.2) is 24.3 Å². The van der Waals surface area contributed by atoms with Crippen LogP contribution >= 0.6 is 0 Å². The Labute approximate surface area is 98.4 Å². The van der Waals surface area contributed by atoms with Crippen molar-refractivity contribution in [3.8, 4) is 0 Å². The second kappa shape index (κ2) is 5.35. The highest BCUT2D eigenvalue weighted by Crippen LogP contribution is 2.23. The van der Waals surface area contributed by atoms with Crippen molar-refractivity contribution < 1.29 is 0 Å². The molecule has 1 aliphatic rings. The molecule has 0 radical (unpaired) electrons. The fraction of sp³-hybridized carbons (Fsp3) is 0.571. The van der Waals surface area contributed by atoms with Crippen LogP contribution in [-0.4, -0.2) is 19.6 Å². The third-order valence-electron chi connectivity index (χ3n) is 3.51. The molecular weight excluding hydrogens is 196 g/mol. The minimum absolute atomic E-state index is 0.463. The lowest BCUT2D eigenvalue weighted by Gasteiger charge is -2.29. The molecule has 2 rings (SSSR count). The monoisotopic (exact) mass is 218 g/mol. The van der Waals surface area contributed by atoms with Gasteiger partial charge in [0.25, 0.3) is 0 Å². The number of rotatable bonds is 3. The fourth-order valence-corrected chi connectivity index (χ4v) is 2.32. The Morgan fingerprint density at radius 1 is 1.25 bits per heavy atom. The fourth-order valence-electron chi connectivity index (χ4n) is 2.32. The number of benzene rings is 1. The predicted octanol–water partition coefficient (Wildman–Crippen LogP) is 2.74. The summed E-state index contributed by atoms with van der Waals surface area (Å²) in [5, 5.41) is 0. The second-order valence-electron chi connectivity index (χ2n) is 4.78. The van der Waals surface area contributed by atoms with Crippen LogP contribution in [0, 0.1) is 0 Å². The lowest BCUT2D eigenvalue weighted by Crippen LogP contribution is -2.29. The normalized spacial score (nSPS) is 18.5. The quantitative estimate of drug-likeness (QED) is 0.845. The van der Waals surface area contributed by atoms with Crippen LogP contribution in [0.3, 0.4) is 0 Å². The minimum Gasteiger partial charge on any atom is -0.372 e. The van der Waals surface area contributed by atoms with Crippen molar-refractivity contribution in [2.45, 2.75) is 32.1 Å². The smallest absolute Gasteiger partial charge is 0.0369 e. The van der Waals surface area contributed by atoms with Gasteiger partial charge in [0.15, 0.2) is 0 Å². The highest BCUT2D eigenvalue weighted by molar-refractivity contribution is 5.49. The van der Waals surface area contributed by atoms with Gasteiger partial charge in [-0.05, 0) is 49.4 Å². The molecule has 0 aromatic heterocycles. The molecule has 16 heavy (non-hydrogen) atoms. The molecule has 1 atom stereocenters. The van der Waals surface area contributed by atoms with Gasteiger partial charge in [0, 0.05) is 18.8 Å². The van der Waals surface area contributed by atoms with Gasteiger partial charge >= 0.3 is 0 Å². The average molecular weight is 218 g/mol. The molecule has 88 valence electrons. The van der Waals surface area contributed by atoms with E-state index in [-0.39, 0.29) is 0 Å². The Balaban J connectivity index is 2.14. The first-order valence-electron chi connectivity index (χ1n) is 6.36. The van der Waals surface area contributed by atoms with E-state index in [1.807, 2.05) is 0 Å². The molecule has 1 aromatic rings. The topological polar surface area (TPSA) is 29.3 Å². The lowest BCUT2D eigenvalue weighted by molar-refractivity contribution is 0.577. The van der Waals surface area contributed by atoms with Crippen molar-refractivity contribution in [2.75, 3.05) is 24.5 Å². The van der Waals surface area contributed by atoms with Gasteiger partial charge in [0.05, 0.1) is 0 Å². The van der Waals surface area contributed by atoms with Crippen LogP contribution < -0.4 is 10.6 Å². The largest absolute Gasteiger partial charge is 0.372 e. The summed E-state index contributed by atoms with van der Waals surface area (Å²) >= 11 is 0. The standard InChI is InChI=1S/C14H22N2/c1-12(11-15)13-6-5-7-14(10-13)16-8-3-2-4-9-16/h5-7,10,12H,2-4,8-9,11,15H2,1H3. The van der Waals surface area contributed by atoms with Crippen LogP contribution in [-0.2, 0) is 0 Å². The molecule has 1 unspecified atom stereocenters. The maximum atomic E-state index is 5.72. The van der Waals surface area contributed by atoms with E-state index in [0.717, 1.165) is 6.54 Å². The van der Waals surface area contributed by atoms with E-state index in [1.54, 1.807) is 0 Å². The minimum atomic E-state index is 0.463. The molecule has 0 amide bonds. The molecule has 1 saturated heterocycles. The Morgan fingerprint density at radius 2 is 2.00 bits per heavy atom. The maximum Gasteiger partial charge on any atom is 0.0369 e. The van der Waals surface area contributed by atoms with Gasteiger partial charge < -0.3 is 10.6 Å². The van der Waals surface area contributed by atoms with E-state index in [4.69, 9.17) is 5.73 Å². The molecule has 1 heterocycles. The van der Waals surface area contributed by atoms with E-state index in [9.17, 15) is 0 Å². The van der Waals surface area contributed by atoms with Crippen molar-refractivity contribution in [2.24, 2.45) is 5.73 Å². The predicted molar refractivity (Wildman–Crippen MR) is 70.0 cm³/mol. The number of nitrogens with zero attached hydrogens (tertiary/aromatic N) is 1. The Morgan fingerprint density at radius 3 is 2.69 bits per heavy atom. The molecule has 0 aliphatic carbocycles. The van der Waals surface area contributed by atoms with Crippen molar-refractivity contribution in [3.05, 3.63) is 29.8 Å². The van der Waals surface area contributed by atoms with Crippen molar-refractivity contribution in [1.29, 1.82) is 0 Å². The van der Waals surface area contributed by atoms with Gasteiger partial charge in [-0.2, -0.15) is 0 Å². The first-order chi connectivity index (χ1) is 7.81. The molecule has 0 saturated carbocycles. The number of hydrogen-bond donors (Lipinski definition) is 1. The van der Waals surface area contributed by atoms with Gasteiger partial charge in [-0.1, -0.05) is 19.1 Å². The third kappa shape index (κ3) is 2.56. The van der Waals surface area contributed by atoms with E-state index >= 15 is 0 Å². The number of nitrogens with two attached hydrogens (primary N) is 1. The summed E-state index contributed by atoms with van der Waals surface area (Å²) in [7, 11) is 0. The summed E-state index contributed by atoms with van der Waals surface area (Å²) in [6, 6.07) is 8.87. The molecule has 1 aromatic carbocycles. The first kappa shape index (κ1) is 11.5. The summed E-state index contributed by atoms with van der Waals surface area (Å²) in [5.41, 5.74) is 8.46. The van der Waals surface area contributed by atoms with Gasteiger partial charge in [-0.25, -0.2) is 0 Å². The zero-order valence-electron chi connectivity index (χ0n) is 10.2. The zero-order chi connectivity index (χ0) is 11.4. The zero-order valence-corrected chi connectivity index (χ0v) is 10.2. The van der Waals surface area contributed by atoms with Gasteiger partial charge in [0.1, 0.15) is 0 Å². The van der Waals surface area contributed by atoms with Crippen LogP contribution in [0.25, 0.3) is 0 Å². The van der Waals surface area contributed by atoms with E-state index in [1.165, 1.54) is 43.6 Å². The third-order valence-corrected chi connectivity index (χ3v) is 3.51. The van der Waals surface area contributed by atoms with E-state index in [0.29, 0.717) is 5.92 Å². The van der Waals surface area contributed by atoms with Crippen molar-refractivity contribution in [3.63, 3.8) is 0 Å². The summed E-state index contributed by atoms with van der Waals surface area (Å²) in [4.78, 5) is 2.50. The Hall–Kier alpha value is -1.02. The molecule has 2 heteroatoms. The van der Waals surface area contributed by atoms with Gasteiger partial charge in [-0.3, -0.25) is 0 Å². The maximum absolute atomic E-state index is 5.72. The molecule has 1 aliphatic heterocycles. The van der Waals surface area contributed by atoms with Crippen molar-refractivity contribution >= 4 is 5.69 Å². The highest BCUT2D eigenvalue weighted by atomic mass is 15.1. The molecule has 0 spiro atoms. The van der Waals surface area contributed by atoms with Crippen LogP contribution in [0.2, 0.25) is 0 Å². The lowest BCUT2D eigenvalue weighted by atomic mass is 10.00. The molecular formula is C14H22N2. The first-order valence-corrected chi connectivity index (χ1v) is 6.36. The number of piperidine rings is 1. The van der Waals surface area contributed by atoms with Crippen LogP contribution in [0.1, 0.15) is 37.7 Å². The van der Waals surface area contributed by atoms with Crippen LogP contribution in [0.4, 0.5) is 5.69 Å². The molecule has 0 bridgehead atoms. The number of anilines is 1. The Kier molecular flexibility index (Phi) is 3.83.